The van der Waals surface area contributed by atoms with Gasteiger partial charge >= 0.3 is 6.18 Å². The van der Waals surface area contributed by atoms with E-state index in [1.165, 1.54) is 11.0 Å². The number of aromatic nitrogens is 2. The number of hydrogen-bond donors (Lipinski definition) is 2. The van der Waals surface area contributed by atoms with E-state index in [1.54, 1.807) is 14.1 Å². The lowest BCUT2D eigenvalue weighted by molar-refractivity contribution is -0.137. The molecule has 1 atom stereocenters. The second-order valence-corrected chi connectivity index (χ2v) is 6.30. The second kappa shape index (κ2) is 7.03. The van der Waals surface area contributed by atoms with Crippen LogP contribution in [-0.2, 0) is 17.5 Å². The van der Waals surface area contributed by atoms with Crippen molar-refractivity contribution in [1.29, 1.82) is 0 Å². The standard InChI is InChI=1S/C17H17F3N4O3/c1-24(2)16-22-12(6-14(25)23-16)15(26)21-13-8-27-7-9-5-10(17(18,19)20)3-4-11(9)13/h3-6,13H,7-8H2,1-2H3,(H,21,26)(H,22,23,25)/t13-/m0/s1. The van der Waals surface area contributed by atoms with Crippen molar-refractivity contribution in [2.45, 2.75) is 18.8 Å². The fourth-order valence-electron chi connectivity index (χ4n) is 2.75. The van der Waals surface area contributed by atoms with E-state index in [9.17, 15) is 22.8 Å². The van der Waals surface area contributed by atoms with E-state index in [-0.39, 0.29) is 24.9 Å². The zero-order chi connectivity index (χ0) is 19.8. The number of alkyl halides is 3. The molecule has 0 saturated carbocycles. The molecular weight excluding hydrogens is 365 g/mol. The summed E-state index contributed by atoms with van der Waals surface area (Å²) in [5.41, 5.74) is -0.464. The van der Waals surface area contributed by atoms with Crippen LogP contribution in [-0.4, -0.2) is 36.6 Å². The summed E-state index contributed by atoms with van der Waals surface area (Å²) in [6.07, 6.45) is -4.46. The van der Waals surface area contributed by atoms with E-state index >= 15 is 0 Å². The fraction of sp³-hybridized carbons (Fsp3) is 0.353. The highest BCUT2D eigenvalue weighted by atomic mass is 19.4. The molecule has 1 aromatic carbocycles. The topological polar surface area (TPSA) is 87.3 Å². The number of halogens is 3. The van der Waals surface area contributed by atoms with Gasteiger partial charge in [-0.3, -0.25) is 14.6 Å². The summed E-state index contributed by atoms with van der Waals surface area (Å²) in [7, 11) is 3.31. The van der Waals surface area contributed by atoms with Crippen molar-refractivity contribution < 1.29 is 22.7 Å². The quantitative estimate of drug-likeness (QED) is 0.846. The number of anilines is 1. The molecule has 10 heteroatoms. The molecule has 0 fully saturated rings. The van der Waals surface area contributed by atoms with Gasteiger partial charge in [-0.15, -0.1) is 0 Å². The third-order valence-corrected chi connectivity index (χ3v) is 4.08. The summed E-state index contributed by atoms with van der Waals surface area (Å²) in [4.78, 5) is 32.3. The Morgan fingerprint density at radius 2 is 2.07 bits per heavy atom. The highest BCUT2D eigenvalue weighted by Crippen LogP contribution is 2.33. The van der Waals surface area contributed by atoms with Crippen LogP contribution >= 0.6 is 0 Å². The van der Waals surface area contributed by atoms with Crippen molar-refractivity contribution >= 4 is 11.9 Å². The van der Waals surface area contributed by atoms with E-state index in [0.29, 0.717) is 11.1 Å². The van der Waals surface area contributed by atoms with Crippen molar-refractivity contribution in [1.82, 2.24) is 15.3 Å². The number of amides is 1. The minimum atomic E-state index is -4.46. The van der Waals surface area contributed by atoms with Crippen molar-refractivity contribution in [2.75, 3.05) is 25.6 Å². The Hall–Kier alpha value is -2.88. The number of H-pyrrole nitrogens is 1. The predicted molar refractivity (Wildman–Crippen MR) is 90.5 cm³/mol. The molecular formula is C17H17F3N4O3. The van der Waals surface area contributed by atoms with Gasteiger partial charge in [-0.1, -0.05) is 6.07 Å². The summed E-state index contributed by atoms with van der Waals surface area (Å²) in [6, 6.07) is 3.73. The van der Waals surface area contributed by atoms with Gasteiger partial charge in [0.05, 0.1) is 24.8 Å². The largest absolute Gasteiger partial charge is 0.416 e. The van der Waals surface area contributed by atoms with Crippen LogP contribution in [0.15, 0.2) is 29.1 Å². The maximum Gasteiger partial charge on any atom is 0.416 e. The van der Waals surface area contributed by atoms with Gasteiger partial charge in [0.2, 0.25) is 5.95 Å². The van der Waals surface area contributed by atoms with Gasteiger partial charge in [0.1, 0.15) is 5.69 Å². The van der Waals surface area contributed by atoms with Crippen molar-refractivity contribution in [3.05, 3.63) is 57.0 Å². The molecule has 1 aliphatic heterocycles. The Morgan fingerprint density at radius 3 is 2.74 bits per heavy atom. The molecule has 2 aromatic rings. The highest BCUT2D eigenvalue weighted by Gasteiger charge is 2.32. The summed E-state index contributed by atoms with van der Waals surface area (Å²) in [5.74, 6) is -0.409. The molecule has 0 saturated heterocycles. The highest BCUT2D eigenvalue weighted by molar-refractivity contribution is 5.92. The maximum absolute atomic E-state index is 12.9. The molecule has 1 aromatic heterocycles. The molecule has 2 heterocycles. The van der Waals surface area contributed by atoms with Crippen LogP contribution in [0.2, 0.25) is 0 Å². The average Bonchev–Trinajstić information content (AvgIpc) is 2.60. The number of nitrogens with one attached hydrogen (secondary N) is 2. The number of ether oxygens (including phenoxy) is 1. The first-order chi connectivity index (χ1) is 12.6. The number of rotatable bonds is 3. The first-order valence-corrected chi connectivity index (χ1v) is 8.02. The van der Waals surface area contributed by atoms with Gasteiger partial charge in [-0.25, -0.2) is 4.98 Å². The SMILES string of the molecule is CN(C)c1nc(C(=O)N[C@H]2COCc3cc(C(F)(F)F)ccc32)cc(=O)[nH]1. The molecule has 7 nitrogen and oxygen atoms in total. The van der Waals surface area contributed by atoms with Crippen molar-refractivity contribution in [3.63, 3.8) is 0 Å². The van der Waals surface area contributed by atoms with Gasteiger partial charge < -0.3 is 15.0 Å². The Kier molecular flexibility index (Phi) is 4.92. The normalized spacial score (nSPS) is 16.6. The number of fused-ring (bicyclic) bond motifs is 1. The maximum atomic E-state index is 12.9. The van der Waals surface area contributed by atoms with Gasteiger partial charge in [0.25, 0.3) is 11.5 Å². The number of nitrogens with zero attached hydrogens (tertiary/aromatic N) is 2. The van der Waals surface area contributed by atoms with E-state index in [0.717, 1.165) is 18.2 Å². The lowest BCUT2D eigenvalue weighted by Crippen LogP contribution is -2.35. The zero-order valence-electron chi connectivity index (χ0n) is 14.6. The Morgan fingerprint density at radius 1 is 1.33 bits per heavy atom. The van der Waals surface area contributed by atoms with E-state index in [4.69, 9.17) is 4.74 Å². The monoisotopic (exact) mass is 382 g/mol. The molecule has 0 unspecified atom stereocenters. The first kappa shape index (κ1) is 18.9. The predicted octanol–water partition coefficient (Wildman–Crippen LogP) is 1.86. The minimum absolute atomic E-state index is 0.0274. The summed E-state index contributed by atoms with van der Waals surface area (Å²) < 4.78 is 43.9. The van der Waals surface area contributed by atoms with Crippen LogP contribution in [0.1, 0.15) is 33.2 Å². The Bertz CT molecular complexity index is 924. The van der Waals surface area contributed by atoms with Crippen LogP contribution in [0.25, 0.3) is 0 Å². The van der Waals surface area contributed by atoms with Crippen molar-refractivity contribution in [3.8, 4) is 0 Å². The summed E-state index contributed by atoms with van der Waals surface area (Å²) >= 11 is 0. The molecule has 3 rings (SSSR count). The number of benzene rings is 1. The molecule has 0 radical (unpaired) electrons. The smallest absolute Gasteiger partial charge is 0.374 e. The van der Waals surface area contributed by atoms with Gasteiger partial charge in [-0.2, -0.15) is 13.2 Å². The molecule has 27 heavy (non-hydrogen) atoms. The Labute approximate surface area is 152 Å². The molecule has 1 aliphatic rings. The van der Waals surface area contributed by atoms with Gasteiger partial charge in [-0.05, 0) is 23.3 Å². The van der Waals surface area contributed by atoms with Crippen LogP contribution < -0.4 is 15.8 Å². The third kappa shape index (κ3) is 4.11. The second-order valence-electron chi connectivity index (χ2n) is 6.30. The number of aromatic amines is 1. The number of carbonyl (C=O) groups excluding carboxylic acids is 1. The fourth-order valence-corrected chi connectivity index (χ4v) is 2.75. The molecule has 144 valence electrons. The molecule has 1 amide bonds. The minimum Gasteiger partial charge on any atom is -0.374 e. The van der Waals surface area contributed by atoms with E-state index < -0.39 is 29.2 Å². The van der Waals surface area contributed by atoms with Crippen LogP contribution in [0, 0.1) is 0 Å². The molecule has 2 N–H and O–H groups in total. The van der Waals surface area contributed by atoms with Crippen LogP contribution in [0.3, 0.4) is 0 Å². The zero-order valence-corrected chi connectivity index (χ0v) is 14.6. The summed E-state index contributed by atoms with van der Waals surface area (Å²) in [6.45, 7) is 0.132. The lowest BCUT2D eigenvalue weighted by Gasteiger charge is -2.27. The molecule has 0 bridgehead atoms. The van der Waals surface area contributed by atoms with Crippen LogP contribution in [0.5, 0.6) is 0 Å². The van der Waals surface area contributed by atoms with E-state index in [1.807, 2.05) is 0 Å². The first-order valence-electron chi connectivity index (χ1n) is 8.02. The molecule has 0 spiro atoms. The third-order valence-electron chi connectivity index (χ3n) is 4.08. The molecule has 0 aliphatic carbocycles. The van der Waals surface area contributed by atoms with Crippen molar-refractivity contribution in [2.24, 2.45) is 0 Å². The van der Waals surface area contributed by atoms with Crippen LogP contribution in [0.4, 0.5) is 19.1 Å². The number of hydrogen-bond acceptors (Lipinski definition) is 5. The Balaban J connectivity index is 1.86. The van der Waals surface area contributed by atoms with Gasteiger partial charge in [0.15, 0.2) is 0 Å². The van der Waals surface area contributed by atoms with E-state index in [2.05, 4.69) is 15.3 Å². The number of carbonyl (C=O) groups is 1. The van der Waals surface area contributed by atoms with Gasteiger partial charge in [0, 0.05) is 20.2 Å². The lowest BCUT2D eigenvalue weighted by atomic mass is 9.96. The summed E-state index contributed by atoms with van der Waals surface area (Å²) in [5, 5.41) is 2.66. The average molecular weight is 382 g/mol.